The van der Waals surface area contributed by atoms with Crippen molar-refractivity contribution in [1.82, 2.24) is 19.7 Å². The molecule has 0 aliphatic carbocycles. The summed E-state index contributed by atoms with van der Waals surface area (Å²) in [6.07, 6.45) is 2.65. The molecule has 6 nitrogen and oxygen atoms in total. The van der Waals surface area contributed by atoms with Crippen LogP contribution < -0.4 is 5.32 Å². The van der Waals surface area contributed by atoms with E-state index in [9.17, 15) is 4.79 Å². The van der Waals surface area contributed by atoms with Crippen LogP contribution in [0.3, 0.4) is 0 Å². The number of hydrogen-bond donors (Lipinski definition) is 1. The number of pyridine rings is 1. The zero-order valence-electron chi connectivity index (χ0n) is 15.3. The van der Waals surface area contributed by atoms with E-state index in [-0.39, 0.29) is 17.7 Å². The van der Waals surface area contributed by atoms with Gasteiger partial charge >= 0.3 is 0 Å². The Labute approximate surface area is 174 Å². The van der Waals surface area contributed by atoms with Crippen LogP contribution in [-0.2, 0) is 11.2 Å². The van der Waals surface area contributed by atoms with Crippen molar-refractivity contribution in [3.8, 4) is 11.4 Å². The van der Waals surface area contributed by atoms with Crippen molar-refractivity contribution in [2.45, 2.75) is 38.4 Å². The molecule has 0 atom stereocenters. The normalized spacial score (nSPS) is 11.1. The van der Waals surface area contributed by atoms with Gasteiger partial charge in [-0.1, -0.05) is 18.7 Å². The average molecular weight is 466 g/mol. The van der Waals surface area contributed by atoms with Crippen molar-refractivity contribution in [3.05, 3.63) is 39.1 Å². The average Bonchev–Trinajstić information content (AvgIpc) is 3.28. The highest BCUT2D eigenvalue weighted by Crippen LogP contribution is 2.30. The highest BCUT2D eigenvalue weighted by molar-refractivity contribution is 9.10. The molecule has 1 amide bonds. The van der Waals surface area contributed by atoms with Crippen LogP contribution in [0.5, 0.6) is 0 Å². The highest BCUT2D eigenvalue weighted by atomic mass is 79.9. The van der Waals surface area contributed by atoms with E-state index < -0.39 is 0 Å². The summed E-state index contributed by atoms with van der Waals surface area (Å²) in [5.74, 6) is 1.49. The van der Waals surface area contributed by atoms with Crippen molar-refractivity contribution >= 4 is 50.8 Å². The molecule has 0 bridgehead atoms. The summed E-state index contributed by atoms with van der Waals surface area (Å²) in [5.41, 5.74) is 1.08. The molecule has 3 heterocycles. The van der Waals surface area contributed by atoms with Gasteiger partial charge in [-0.25, -0.2) is 4.98 Å². The molecule has 1 N–H and O–H groups in total. The second kappa shape index (κ2) is 8.99. The van der Waals surface area contributed by atoms with E-state index >= 15 is 0 Å². The Morgan fingerprint density at radius 3 is 2.81 bits per heavy atom. The Hall–Kier alpha value is -1.71. The van der Waals surface area contributed by atoms with E-state index in [4.69, 9.17) is 0 Å². The van der Waals surface area contributed by atoms with Gasteiger partial charge in [0.2, 0.25) is 5.91 Å². The van der Waals surface area contributed by atoms with Crippen molar-refractivity contribution < 1.29 is 4.79 Å². The third-order valence-corrected chi connectivity index (χ3v) is 6.26. The van der Waals surface area contributed by atoms with Crippen molar-refractivity contribution in [1.29, 1.82) is 0 Å². The molecule has 3 aromatic rings. The molecule has 0 aliphatic heterocycles. The van der Waals surface area contributed by atoms with Crippen molar-refractivity contribution in [2.75, 3.05) is 11.1 Å². The lowest BCUT2D eigenvalue weighted by molar-refractivity contribution is -0.113. The van der Waals surface area contributed by atoms with Gasteiger partial charge in [0.1, 0.15) is 5.82 Å². The first-order chi connectivity index (χ1) is 13.0. The monoisotopic (exact) mass is 465 g/mol. The van der Waals surface area contributed by atoms with Gasteiger partial charge in [0.25, 0.3) is 0 Å². The number of thioether (sulfide) groups is 1. The Kier molecular flexibility index (Phi) is 6.67. The number of carbonyl (C=O) groups is 1. The van der Waals surface area contributed by atoms with Gasteiger partial charge in [0.05, 0.1) is 5.75 Å². The number of nitrogens with zero attached hydrogens (tertiary/aromatic N) is 4. The number of halogens is 1. The third-order valence-electron chi connectivity index (χ3n) is 3.77. The molecule has 3 aromatic heterocycles. The minimum Gasteiger partial charge on any atom is -0.310 e. The minimum atomic E-state index is -0.126. The molecule has 0 aliphatic rings. The standard InChI is InChI=1S/C18H20BrN5OS2/c1-4-14-7-12(9-26-14)17-22-23-18(24(17)11(2)3)27-10-16(25)21-15-6-5-13(19)8-20-15/h5-9,11H,4,10H2,1-3H3,(H,20,21,25). The lowest BCUT2D eigenvalue weighted by Gasteiger charge is -2.13. The van der Waals surface area contributed by atoms with E-state index in [2.05, 4.69) is 73.2 Å². The smallest absolute Gasteiger partial charge is 0.236 e. The quantitative estimate of drug-likeness (QED) is 0.494. The van der Waals surface area contributed by atoms with Gasteiger partial charge in [-0.3, -0.25) is 9.36 Å². The lowest BCUT2D eigenvalue weighted by Crippen LogP contribution is -2.15. The molecule has 0 saturated carbocycles. The number of hydrogen-bond acceptors (Lipinski definition) is 6. The summed E-state index contributed by atoms with van der Waals surface area (Å²) in [5, 5.41) is 14.3. The van der Waals surface area contributed by atoms with Crippen molar-refractivity contribution in [2.24, 2.45) is 0 Å². The first kappa shape index (κ1) is 20.0. The predicted molar refractivity (Wildman–Crippen MR) is 114 cm³/mol. The molecule has 0 radical (unpaired) electrons. The molecule has 0 aromatic carbocycles. The zero-order valence-corrected chi connectivity index (χ0v) is 18.5. The van der Waals surface area contributed by atoms with Gasteiger partial charge in [0, 0.05) is 32.5 Å². The van der Waals surface area contributed by atoms with Crippen LogP contribution in [0.25, 0.3) is 11.4 Å². The minimum absolute atomic E-state index is 0.126. The fourth-order valence-electron chi connectivity index (χ4n) is 2.48. The molecule has 0 saturated heterocycles. The number of amides is 1. The zero-order chi connectivity index (χ0) is 19.4. The molecule has 9 heteroatoms. The van der Waals surface area contributed by atoms with Gasteiger partial charge in [-0.2, -0.15) is 0 Å². The van der Waals surface area contributed by atoms with Crippen LogP contribution in [0.4, 0.5) is 5.82 Å². The summed E-state index contributed by atoms with van der Waals surface area (Å²) in [6, 6.07) is 5.94. The Balaban J connectivity index is 1.71. The number of aromatic nitrogens is 4. The van der Waals surface area contributed by atoms with Gasteiger partial charge in [-0.15, -0.1) is 21.5 Å². The summed E-state index contributed by atoms with van der Waals surface area (Å²) >= 11 is 6.44. The highest BCUT2D eigenvalue weighted by Gasteiger charge is 2.18. The number of aryl methyl sites for hydroxylation is 1. The predicted octanol–water partition coefficient (Wildman–Crippen LogP) is 5.04. The van der Waals surface area contributed by atoms with Gasteiger partial charge in [0.15, 0.2) is 11.0 Å². The summed E-state index contributed by atoms with van der Waals surface area (Å²) in [4.78, 5) is 17.7. The number of nitrogens with one attached hydrogen (secondary N) is 1. The fraction of sp³-hybridized carbons (Fsp3) is 0.333. The van der Waals surface area contributed by atoms with Crippen LogP contribution in [0.2, 0.25) is 0 Å². The molecule has 142 valence electrons. The van der Waals surface area contributed by atoms with Crippen LogP contribution >= 0.6 is 39.0 Å². The maximum absolute atomic E-state index is 12.2. The topological polar surface area (TPSA) is 72.7 Å². The van der Waals surface area contributed by atoms with E-state index in [1.807, 2.05) is 6.07 Å². The number of thiophene rings is 1. The second-order valence-corrected chi connectivity index (χ2v) is 8.98. The van der Waals surface area contributed by atoms with Crippen LogP contribution in [0, 0.1) is 0 Å². The summed E-state index contributed by atoms with van der Waals surface area (Å²) < 4.78 is 2.95. The fourth-order valence-corrected chi connectivity index (χ4v) is 4.40. The molecular formula is C18H20BrN5OS2. The second-order valence-electron chi connectivity index (χ2n) is 6.12. The van der Waals surface area contributed by atoms with E-state index in [1.165, 1.54) is 16.6 Å². The molecule has 0 unspecified atom stereocenters. The molecular weight excluding hydrogens is 446 g/mol. The number of carbonyl (C=O) groups excluding carboxylic acids is 1. The van der Waals surface area contributed by atoms with E-state index in [1.54, 1.807) is 23.6 Å². The summed E-state index contributed by atoms with van der Waals surface area (Å²) in [7, 11) is 0. The van der Waals surface area contributed by atoms with Crippen LogP contribution in [0.15, 0.2) is 39.4 Å². The molecule has 3 rings (SSSR count). The summed E-state index contributed by atoms with van der Waals surface area (Å²) in [6.45, 7) is 6.33. The number of anilines is 1. The Morgan fingerprint density at radius 2 is 2.19 bits per heavy atom. The first-order valence-electron chi connectivity index (χ1n) is 8.54. The SMILES string of the molecule is CCc1cc(-c2nnc(SCC(=O)Nc3ccc(Br)cn3)n2C(C)C)cs1. The third kappa shape index (κ3) is 4.97. The van der Waals surface area contributed by atoms with Gasteiger partial charge in [-0.05, 0) is 54.4 Å². The maximum Gasteiger partial charge on any atom is 0.236 e. The lowest BCUT2D eigenvalue weighted by atomic mass is 10.2. The maximum atomic E-state index is 12.2. The molecule has 0 spiro atoms. The van der Waals surface area contributed by atoms with E-state index in [0.717, 1.165) is 27.4 Å². The Bertz CT molecular complexity index is 920. The largest absolute Gasteiger partial charge is 0.310 e. The number of rotatable bonds is 7. The van der Waals surface area contributed by atoms with Crippen LogP contribution in [-0.4, -0.2) is 31.4 Å². The molecule has 0 fully saturated rings. The first-order valence-corrected chi connectivity index (χ1v) is 11.2. The van der Waals surface area contributed by atoms with Crippen molar-refractivity contribution in [3.63, 3.8) is 0 Å². The van der Waals surface area contributed by atoms with E-state index in [0.29, 0.717) is 5.82 Å². The Morgan fingerprint density at radius 1 is 1.37 bits per heavy atom. The molecule has 27 heavy (non-hydrogen) atoms. The van der Waals surface area contributed by atoms with Gasteiger partial charge < -0.3 is 5.32 Å². The van der Waals surface area contributed by atoms with Crippen LogP contribution in [0.1, 0.15) is 31.7 Å².